The Morgan fingerprint density at radius 1 is 1.17 bits per heavy atom. The van der Waals surface area contributed by atoms with E-state index in [0.717, 1.165) is 46.5 Å². The molecule has 1 fully saturated rings. The van der Waals surface area contributed by atoms with Crippen LogP contribution in [0.1, 0.15) is 32.4 Å². The molecule has 1 saturated carbocycles. The quantitative estimate of drug-likeness (QED) is 0.637. The second kappa shape index (κ2) is 7.68. The summed E-state index contributed by atoms with van der Waals surface area (Å²) in [6, 6.07) is 19.1. The van der Waals surface area contributed by atoms with E-state index in [-0.39, 0.29) is 15.4 Å². The Balaban J connectivity index is 0.00000171. The summed E-state index contributed by atoms with van der Waals surface area (Å²) in [5.41, 5.74) is 4.06. The number of benzene rings is 2. The van der Waals surface area contributed by atoms with Gasteiger partial charge in [0.05, 0.1) is 24.8 Å². The minimum Gasteiger partial charge on any atom is -0.497 e. The fourth-order valence-corrected chi connectivity index (χ4v) is 3.63. The molecule has 0 saturated heterocycles. The van der Waals surface area contributed by atoms with Crippen molar-refractivity contribution < 1.29 is 17.5 Å². The highest BCUT2D eigenvalue weighted by Gasteiger charge is 2.51. The van der Waals surface area contributed by atoms with Crippen LogP contribution in [0.2, 0.25) is 0 Å². The van der Waals surface area contributed by atoms with Crippen LogP contribution in [0.4, 0.5) is 5.82 Å². The minimum atomic E-state index is -0.490. The van der Waals surface area contributed by atoms with Gasteiger partial charge < -0.3 is 15.2 Å². The van der Waals surface area contributed by atoms with Gasteiger partial charge in [-0.25, -0.2) is 4.98 Å². The number of methoxy groups -OCH3 is 1. The second-order valence-corrected chi connectivity index (χ2v) is 7.49. The summed E-state index contributed by atoms with van der Waals surface area (Å²) in [6.45, 7) is 1.97. The van der Waals surface area contributed by atoms with Gasteiger partial charge in [-0.2, -0.15) is 0 Å². The summed E-state index contributed by atoms with van der Waals surface area (Å²) in [4.78, 5) is 17.8. The van der Waals surface area contributed by atoms with E-state index in [2.05, 4.69) is 10.3 Å². The molecular formula is C24H28N2O3. The number of nitrogens with zero attached hydrogens (tertiary/aromatic N) is 1. The number of aliphatic hydroxyl groups excluding tert-OH is 1. The van der Waals surface area contributed by atoms with Gasteiger partial charge in [-0.1, -0.05) is 36.4 Å². The summed E-state index contributed by atoms with van der Waals surface area (Å²) < 4.78 is 5.22. The van der Waals surface area contributed by atoms with Gasteiger partial charge >= 0.3 is 0 Å². The van der Waals surface area contributed by atoms with Crippen molar-refractivity contribution >= 4 is 11.7 Å². The van der Waals surface area contributed by atoms with Crippen molar-refractivity contribution in [2.75, 3.05) is 12.4 Å². The van der Waals surface area contributed by atoms with Crippen LogP contribution in [-0.2, 0) is 16.8 Å². The van der Waals surface area contributed by atoms with Crippen molar-refractivity contribution in [3.63, 3.8) is 0 Å². The maximum Gasteiger partial charge on any atom is 0.236 e. The van der Waals surface area contributed by atoms with Gasteiger partial charge in [0.15, 0.2) is 0 Å². The molecule has 1 heterocycles. The Morgan fingerprint density at radius 3 is 2.59 bits per heavy atom. The van der Waals surface area contributed by atoms with E-state index in [4.69, 9.17) is 4.74 Å². The number of carbonyl (C=O) groups is 1. The van der Waals surface area contributed by atoms with Crippen LogP contribution in [0.5, 0.6) is 5.75 Å². The van der Waals surface area contributed by atoms with Gasteiger partial charge in [-0.15, -0.1) is 0 Å². The van der Waals surface area contributed by atoms with E-state index in [1.54, 1.807) is 7.11 Å². The molecule has 0 unspecified atom stereocenters. The number of pyridine rings is 1. The van der Waals surface area contributed by atoms with Crippen molar-refractivity contribution in [2.24, 2.45) is 0 Å². The van der Waals surface area contributed by atoms with Crippen LogP contribution in [0, 0.1) is 6.92 Å². The molecule has 1 aliphatic rings. The maximum absolute atomic E-state index is 13.1. The highest BCUT2D eigenvalue weighted by atomic mass is 16.5. The monoisotopic (exact) mass is 392 g/mol. The lowest BCUT2D eigenvalue weighted by atomic mass is 9.95. The van der Waals surface area contributed by atoms with Crippen LogP contribution in [0.3, 0.4) is 0 Å². The Labute approximate surface area is 173 Å². The molecule has 0 bridgehead atoms. The molecule has 1 aromatic heterocycles. The Hall–Kier alpha value is -3.18. The van der Waals surface area contributed by atoms with E-state index in [0.29, 0.717) is 5.82 Å². The number of anilines is 1. The average molecular weight is 392 g/mol. The molecule has 0 aliphatic heterocycles. The first-order chi connectivity index (χ1) is 14.1. The maximum atomic E-state index is 13.1. The average Bonchev–Trinajstić information content (AvgIpc) is 3.57. The lowest BCUT2D eigenvalue weighted by Crippen LogP contribution is -2.28. The summed E-state index contributed by atoms with van der Waals surface area (Å²) in [5, 5.41) is 12.4. The van der Waals surface area contributed by atoms with E-state index >= 15 is 0 Å². The third-order valence-electron chi connectivity index (χ3n) is 5.55. The summed E-state index contributed by atoms with van der Waals surface area (Å²) in [6.07, 6.45) is 1.64. The molecule has 3 aromatic rings. The van der Waals surface area contributed by atoms with Crippen molar-refractivity contribution in [3.8, 4) is 17.0 Å². The fraction of sp³-hybridized carbons (Fsp3) is 0.250. The third-order valence-corrected chi connectivity index (χ3v) is 5.55. The first kappa shape index (κ1) is 19.2. The molecule has 0 spiro atoms. The highest BCUT2D eigenvalue weighted by molar-refractivity contribution is 6.01. The molecule has 0 atom stereocenters. The zero-order chi connectivity index (χ0) is 20.4. The first-order valence-corrected chi connectivity index (χ1v) is 9.69. The van der Waals surface area contributed by atoms with Gasteiger partial charge in [0.2, 0.25) is 5.91 Å². The predicted octanol–water partition coefficient (Wildman–Crippen LogP) is 4.72. The predicted molar refractivity (Wildman–Crippen MR) is 117 cm³/mol. The standard InChI is InChI=1S/C24H24N2O3.2H2/c1-16-6-11-21(25-22(16)18-5-3-4-17(14-18)15-27)26-23(28)24(12-13-24)19-7-9-20(29-2)10-8-19;;/h3-11,14,27H,12-13,15H2,1-2H3,(H,25,26,28);2*1H. The lowest BCUT2D eigenvalue weighted by Gasteiger charge is -2.17. The van der Waals surface area contributed by atoms with E-state index < -0.39 is 5.41 Å². The summed E-state index contributed by atoms with van der Waals surface area (Å²) >= 11 is 0. The number of aromatic nitrogens is 1. The molecule has 0 radical (unpaired) electrons. The number of aryl methyl sites for hydroxylation is 1. The van der Waals surface area contributed by atoms with Gasteiger partial charge in [0, 0.05) is 8.42 Å². The smallest absolute Gasteiger partial charge is 0.236 e. The summed E-state index contributed by atoms with van der Waals surface area (Å²) in [7, 11) is 1.63. The topological polar surface area (TPSA) is 71.5 Å². The third kappa shape index (κ3) is 3.74. The van der Waals surface area contributed by atoms with Gasteiger partial charge in [-0.3, -0.25) is 4.79 Å². The number of nitrogens with one attached hydrogen (secondary N) is 1. The van der Waals surface area contributed by atoms with E-state index in [1.165, 1.54) is 0 Å². The SMILES string of the molecule is COc1ccc(C2(C(=O)Nc3ccc(C)c(-c4cccc(CO)c4)n3)CC2)cc1.[HH].[HH]. The van der Waals surface area contributed by atoms with Crippen LogP contribution in [-0.4, -0.2) is 23.1 Å². The Kier molecular flexibility index (Phi) is 5.07. The van der Waals surface area contributed by atoms with Crippen molar-refractivity contribution in [3.05, 3.63) is 77.4 Å². The molecule has 5 nitrogen and oxygen atoms in total. The van der Waals surface area contributed by atoms with Gasteiger partial charge in [0.1, 0.15) is 11.6 Å². The molecule has 4 rings (SSSR count). The van der Waals surface area contributed by atoms with Crippen molar-refractivity contribution in [1.82, 2.24) is 4.98 Å². The Morgan fingerprint density at radius 2 is 1.93 bits per heavy atom. The van der Waals surface area contributed by atoms with Crippen molar-refractivity contribution in [1.29, 1.82) is 0 Å². The first-order valence-electron chi connectivity index (χ1n) is 9.69. The van der Waals surface area contributed by atoms with Crippen LogP contribution in [0.25, 0.3) is 11.3 Å². The van der Waals surface area contributed by atoms with Crippen LogP contribution >= 0.6 is 0 Å². The molecule has 29 heavy (non-hydrogen) atoms. The number of carbonyl (C=O) groups excluding carboxylic acids is 1. The van der Waals surface area contributed by atoms with E-state index in [9.17, 15) is 9.90 Å². The molecule has 2 N–H and O–H groups in total. The van der Waals surface area contributed by atoms with Gasteiger partial charge in [-0.05, 0) is 60.7 Å². The molecular weight excluding hydrogens is 364 g/mol. The molecule has 1 amide bonds. The number of aliphatic hydroxyl groups is 1. The highest BCUT2D eigenvalue weighted by Crippen LogP contribution is 2.49. The number of hydrogen-bond donors (Lipinski definition) is 2. The lowest BCUT2D eigenvalue weighted by molar-refractivity contribution is -0.118. The number of ether oxygens (including phenoxy) is 1. The van der Waals surface area contributed by atoms with Crippen LogP contribution in [0.15, 0.2) is 60.7 Å². The number of hydrogen-bond acceptors (Lipinski definition) is 4. The molecule has 5 heteroatoms. The zero-order valence-electron chi connectivity index (χ0n) is 16.6. The fourth-order valence-electron chi connectivity index (χ4n) is 3.63. The largest absolute Gasteiger partial charge is 0.497 e. The molecule has 2 aromatic carbocycles. The summed E-state index contributed by atoms with van der Waals surface area (Å²) in [5.74, 6) is 1.28. The molecule has 152 valence electrons. The minimum absolute atomic E-state index is 0. The van der Waals surface area contributed by atoms with E-state index in [1.807, 2.05) is 67.6 Å². The van der Waals surface area contributed by atoms with Crippen molar-refractivity contribution in [2.45, 2.75) is 31.8 Å². The zero-order valence-corrected chi connectivity index (χ0v) is 16.6. The van der Waals surface area contributed by atoms with Crippen LogP contribution < -0.4 is 10.1 Å². The molecule has 1 aliphatic carbocycles. The number of rotatable bonds is 6. The normalized spacial score (nSPS) is 14.3. The second-order valence-electron chi connectivity index (χ2n) is 7.49. The number of amides is 1. The Bertz CT molecular complexity index is 1050. The van der Waals surface area contributed by atoms with Gasteiger partial charge in [0.25, 0.3) is 0 Å².